The van der Waals surface area contributed by atoms with E-state index in [4.69, 9.17) is 10.5 Å². The van der Waals surface area contributed by atoms with Gasteiger partial charge in [-0.1, -0.05) is 0 Å². The summed E-state index contributed by atoms with van der Waals surface area (Å²) in [5, 5.41) is 1.82. The number of halogens is 3. The third kappa shape index (κ3) is 4.78. The number of nitrogens with two attached hydrogens (primary N) is 1. The van der Waals surface area contributed by atoms with Crippen LogP contribution in [0.2, 0.25) is 0 Å². The number of nitrogens with zero attached hydrogens (tertiary/aromatic N) is 1. The van der Waals surface area contributed by atoms with Gasteiger partial charge >= 0.3 is 12.2 Å². The number of urea groups is 1. The predicted molar refractivity (Wildman–Crippen MR) is 54.4 cm³/mol. The Labute approximate surface area is 97.1 Å². The maximum absolute atomic E-state index is 11.9. The number of ether oxygens (including phenoxy) is 1. The Kier molecular flexibility index (Phi) is 4.58. The molecule has 2 unspecified atom stereocenters. The van der Waals surface area contributed by atoms with Gasteiger partial charge in [0.25, 0.3) is 0 Å². The van der Waals surface area contributed by atoms with Gasteiger partial charge in [-0.2, -0.15) is 13.2 Å². The molecule has 1 saturated heterocycles. The lowest BCUT2D eigenvalue weighted by atomic mass is 10.1. The highest BCUT2D eigenvalue weighted by atomic mass is 19.4. The van der Waals surface area contributed by atoms with Gasteiger partial charge in [-0.05, 0) is 6.92 Å². The zero-order valence-electron chi connectivity index (χ0n) is 9.46. The Morgan fingerprint density at radius 1 is 1.65 bits per heavy atom. The minimum atomic E-state index is -4.40. The molecule has 0 aliphatic carbocycles. The van der Waals surface area contributed by atoms with Crippen LogP contribution in [0.5, 0.6) is 0 Å². The smallest absolute Gasteiger partial charge is 0.373 e. The summed E-state index contributed by atoms with van der Waals surface area (Å²) in [4.78, 5) is 12.7. The highest BCUT2D eigenvalue weighted by Gasteiger charge is 2.31. The fourth-order valence-corrected chi connectivity index (χ4v) is 1.47. The monoisotopic (exact) mass is 255 g/mol. The first-order valence-corrected chi connectivity index (χ1v) is 5.26. The standard InChI is InChI=1S/C9H16F3N3O2/c1-6(13)7-4-15(2-3-17-7)8(16)14-5-9(10,11)12/h6-7H,2-5,13H2,1H3,(H,14,16). The summed E-state index contributed by atoms with van der Waals surface area (Å²) >= 11 is 0. The van der Waals surface area contributed by atoms with E-state index >= 15 is 0 Å². The minimum absolute atomic E-state index is 0.210. The van der Waals surface area contributed by atoms with E-state index in [1.165, 1.54) is 4.90 Å². The summed E-state index contributed by atoms with van der Waals surface area (Å²) < 4.78 is 41.0. The second-order valence-electron chi connectivity index (χ2n) is 3.99. The minimum Gasteiger partial charge on any atom is -0.373 e. The second-order valence-corrected chi connectivity index (χ2v) is 3.99. The maximum atomic E-state index is 11.9. The molecule has 5 nitrogen and oxygen atoms in total. The van der Waals surface area contributed by atoms with Gasteiger partial charge in [0.05, 0.1) is 19.3 Å². The highest BCUT2D eigenvalue weighted by Crippen LogP contribution is 2.13. The summed E-state index contributed by atoms with van der Waals surface area (Å²) in [6, 6.07) is -1.01. The van der Waals surface area contributed by atoms with Crippen molar-refractivity contribution in [3.8, 4) is 0 Å². The molecule has 1 rings (SSSR count). The van der Waals surface area contributed by atoms with Crippen molar-refractivity contribution in [1.29, 1.82) is 0 Å². The highest BCUT2D eigenvalue weighted by molar-refractivity contribution is 5.74. The third-order valence-corrected chi connectivity index (χ3v) is 2.41. The first kappa shape index (κ1) is 14.0. The molecule has 1 aliphatic rings. The van der Waals surface area contributed by atoms with Crippen molar-refractivity contribution in [2.24, 2.45) is 5.73 Å². The molecule has 0 bridgehead atoms. The Bertz CT molecular complexity index is 271. The van der Waals surface area contributed by atoms with Gasteiger partial charge in [-0.3, -0.25) is 0 Å². The number of hydrogen-bond donors (Lipinski definition) is 2. The number of morpholine rings is 1. The number of amides is 2. The van der Waals surface area contributed by atoms with Crippen LogP contribution >= 0.6 is 0 Å². The third-order valence-electron chi connectivity index (χ3n) is 2.41. The van der Waals surface area contributed by atoms with Crippen molar-refractivity contribution in [3.63, 3.8) is 0 Å². The molecule has 0 aromatic heterocycles. The summed E-state index contributed by atoms with van der Waals surface area (Å²) in [6.07, 6.45) is -4.73. The quantitative estimate of drug-likeness (QED) is 0.746. The Morgan fingerprint density at radius 3 is 2.82 bits per heavy atom. The number of alkyl halides is 3. The van der Waals surface area contributed by atoms with Gasteiger partial charge in [-0.15, -0.1) is 0 Å². The maximum Gasteiger partial charge on any atom is 0.405 e. The van der Waals surface area contributed by atoms with Crippen LogP contribution in [-0.2, 0) is 4.74 Å². The van der Waals surface area contributed by atoms with Crippen molar-refractivity contribution < 1.29 is 22.7 Å². The van der Waals surface area contributed by atoms with Gasteiger partial charge in [0.15, 0.2) is 0 Å². The number of carbonyl (C=O) groups is 1. The van der Waals surface area contributed by atoms with Crippen LogP contribution in [0, 0.1) is 0 Å². The van der Waals surface area contributed by atoms with Crippen LogP contribution in [0.25, 0.3) is 0 Å². The molecule has 0 aromatic carbocycles. The normalized spacial score (nSPS) is 23.4. The van der Waals surface area contributed by atoms with Gasteiger partial charge in [0, 0.05) is 12.6 Å². The summed E-state index contributed by atoms with van der Waals surface area (Å²) in [7, 11) is 0. The first-order chi connectivity index (χ1) is 7.79. The first-order valence-electron chi connectivity index (χ1n) is 5.26. The molecule has 1 aliphatic heterocycles. The summed E-state index contributed by atoms with van der Waals surface area (Å²) in [5.74, 6) is 0. The van der Waals surface area contributed by atoms with E-state index in [2.05, 4.69) is 0 Å². The van der Waals surface area contributed by atoms with Crippen molar-refractivity contribution in [2.45, 2.75) is 25.2 Å². The van der Waals surface area contributed by atoms with Gasteiger partial charge < -0.3 is 20.7 Å². The van der Waals surface area contributed by atoms with Crippen LogP contribution in [0.15, 0.2) is 0 Å². The molecule has 8 heteroatoms. The average Bonchev–Trinajstić information content (AvgIpc) is 2.25. The van der Waals surface area contributed by atoms with Crippen LogP contribution in [0.1, 0.15) is 6.92 Å². The SMILES string of the molecule is CC(N)C1CN(C(=O)NCC(F)(F)F)CCO1. The predicted octanol–water partition coefficient (Wildman–Crippen LogP) is 0.306. The van der Waals surface area contributed by atoms with Crippen molar-refractivity contribution in [3.05, 3.63) is 0 Å². The van der Waals surface area contributed by atoms with Gasteiger partial charge in [0.1, 0.15) is 6.54 Å². The van der Waals surface area contributed by atoms with E-state index < -0.39 is 18.8 Å². The molecular weight excluding hydrogens is 239 g/mol. The van der Waals surface area contributed by atoms with Crippen LogP contribution in [0.4, 0.5) is 18.0 Å². The van der Waals surface area contributed by atoms with E-state index in [0.29, 0.717) is 0 Å². The van der Waals surface area contributed by atoms with Gasteiger partial charge in [-0.25, -0.2) is 4.79 Å². The molecule has 0 aromatic rings. The topological polar surface area (TPSA) is 67.6 Å². The molecule has 2 atom stereocenters. The lowest BCUT2D eigenvalue weighted by molar-refractivity contribution is -0.123. The Balaban J connectivity index is 2.41. The molecule has 2 amide bonds. The van der Waals surface area contributed by atoms with Crippen molar-refractivity contribution >= 4 is 6.03 Å². The lowest BCUT2D eigenvalue weighted by Crippen LogP contribution is -2.54. The fourth-order valence-electron chi connectivity index (χ4n) is 1.47. The van der Waals surface area contributed by atoms with Gasteiger partial charge in [0.2, 0.25) is 0 Å². The van der Waals surface area contributed by atoms with E-state index in [-0.39, 0.29) is 31.8 Å². The Morgan fingerprint density at radius 2 is 2.29 bits per heavy atom. The molecule has 0 radical (unpaired) electrons. The van der Waals surface area contributed by atoms with Crippen LogP contribution in [0.3, 0.4) is 0 Å². The van der Waals surface area contributed by atoms with E-state index in [1.807, 2.05) is 5.32 Å². The van der Waals surface area contributed by atoms with Crippen LogP contribution in [-0.4, -0.2) is 55.5 Å². The molecular formula is C9H16F3N3O2. The summed E-state index contributed by atoms with van der Waals surface area (Å²) in [6.45, 7) is 1.16. The van der Waals surface area contributed by atoms with E-state index in [0.717, 1.165) is 0 Å². The second kappa shape index (κ2) is 5.54. The largest absolute Gasteiger partial charge is 0.405 e. The van der Waals surface area contributed by atoms with Crippen molar-refractivity contribution in [2.75, 3.05) is 26.2 Å². The zero-order chi connectivity index (χ0) is 13.1. The van der Waals surface area contributed by atoms with E-state index in [1.54, 1.807) is 6.92 Å². The lowest BCUT2D eigenvalue weighted by Gasteiger charge is -2.34. The molecule has 3 N–H and O–H groups in total. The van der Waals surface area contributed by atoms with Crippen LogP contribution < -0.4 is 11.1 Å². The number of carbonyl (C=O) groups excluding carboxylic acids is 1. The molecule has 17 heavy (non-hydrogen) atoms. The number of rotatable bonds is 2. The zero-order valence-corrected chi connectivity index (χ0v) is 9.46. The Hall–Kier alpha value is -1.02. The number of nitrogens with one attached hydrogen (secondary N) is 1. The molecule has 0 spiro atoms. The summed E-state index contributed by atoms with van der Waals surface area (Å²) in [5.41, 5.74) is 5.61. The molecule has 1 fully saturated rings. The average molecular weight is 255 g/mol. The molecule has 100 valence electrons. The fraction of sp³-hybridized carbons (Fsp3) is 0.889. The van der Waals surface area contributed by atoms with E-state index in [9.17, 15) is 18.0 Å². The molecule has 0 saturated carbocycles. The number of hydrogen-bond acceptors (Lipinski definition) is 3. The molecule has 1 heterocycles. The van der Waals surface area contributed by atoms with Crippen molar-refractivity contribution in [1.82, 2.24) is 10.2 Å².